The van der Waals surface area contributed by atoms with Crippen LogP contribution in [0.3, 0.4) is 0 Å². The summed E-state index contributed by atoms with van der Waals surface area (Å²) in [5.41, 5.74) is 0.808. The summed E-state index contributed by atoms with van der Waals surface area (Å²) in [6.07, 6.45) is 2.34. The van der Waals surface area contributed by atoms with Crippen LogP contribution in [-0.4, -0.2) is 37.0 Å². The lowest BCUT2D eigenvalue weighted by Crippen LogP contribution is -2.47. The Morgan fingerprint density at radius 1 is 1.21 bits per heavy atom. The van der Waals surface area contributed by atoms with E-state index in [-0.39, 0.29) is 28.8 Å². The monoisotopic (exact) mass is 458 g/mol. The number of benzene rings is 2. The van der Waals surface area contributed by atoms with Crippen molar-refractivity contribution in [1.29, 1.82) is 0 Å². The highest BCUT2D eigenvalue weighted by molar-refractivity contribution is 7.98. The van der Waals surface area contributed by atoms with Crippen molar-refractivity contribution in [3.8, 4) is 5.75 Å². The van der Waals surface area contributed by atoms with Crippen LogP contribution in [0.5, 0.6) is 5.75 Å². The van der Waals surface area contributed by atoms with Crippen LogP contribution in [-0.2, 0) is 11.3 Å². The minimum Gasteiger partial charge on any atom is -0.494 e. The molecule has 2 aromatic carbocycles. The first kappa shape index (κ1) is 23.3. The second kappa shape index (κ2) is 11.3. The van der Waals surface area contributed by atoms with Crippen molar-refractivity contribution in [1.82, 2.24) is 10.6 Å². The third-order valence-electron chi connectivity index (χ3n) is 4.09. The Morgan fingerprint density at radius 2 is 1.97 bits per heavy atom. The van der Waals surface area contributed by atoms with Crippen LogP contribution in [0.1, 0.15) is 22.3 Å². The van der Waals surface area contributed by atoms with E-state index in [0.717, 1.165) is 0 Å². The molecule has 29 heavy (non-hydrogen) atoms. The van der Waals surface area contributed by atoms with E-state index in [1.54, 1.807) is 23.9 Å². The summed E-state index contributed by atoms with van der Waals surface area (Å²) in [7, 11) is 1.38. The third-order valence-corrected chi connectivity index (χ3v) is 5.28. The fourth-order valence-electron chi connectivity index (χ4n) is 2.55. The number of carbonyl (C=O) groups excluding carboxylic acids is 2. The van der Waals surface area contributed by atoms with Gasteiger partial charge in [0.15, 0.2) is 11.6 Å². The van der Waals surface area contributed by atoms with Gasteiger partial charge < -0.3 is 15.4 Å². The van der Waals surface area contributed by atoms with Gasteiger partial charge in [-0.25, -0.2) is 4.39 Å². The molecule has 1 atom stereocenters. The van der Waals surface area contributed by atoms with E-state index in [1.165, 1.54) is 31.4 Å². The van der Waals surface area contributed by atoms with Crippen molar-refractivity contribution in [3.63, 3.8) is 0 Å². The van der Waals surface area contributed by atoms with Crippen molar-refractivity contribution in [2.24, 2.45) is 0 Å². The Kier molecular flexibility index (Phi) is 9.07. The molecule has 0 radical (unpaired) electrons. The highest BCUT2D eigenvalue weighted by Gasteiger charge is 2.22. The van der Waals surface area contributed by atoms with Gasteiger partial charge in [0.1, 0.15) is 6.04 Å². The van der Waals surface area contributed by atoms with Crippen molar-refractivity contribution in [3.05, 3.63) is 63.4 Å². The summed E-state index contributed by atoms with van der Waals surface area (Å²) in [5, 5.41) is 6.05. The molecular weight excluding hydrogens is 438 g/mol. The molecule has 0 saturated heterocycles. The smallest absolute Gasteiger partial charge is 0.253 e. The van der Waals surface area contributed by atoms with Crippen LogP contribution >= 0.6 is 35.0 Å². The first-order valence-corrected chi connectivity index (χ1v) is 10.9. The first-order chi connectivity index (χ1) is 13.8. The predicted molar refractivity (Wildman–Crippen MR) is 116 cm³/mol. The molecule has 0 bridgehead atoms. The largest absolute Gasteiger partial charge is 0.494 e. The van der Waals surface area contributed by atoms with E-state index >= 15 is 0 Å². The molecule has 0 saturated carbocycles. The van der Waals surface area contributed by atoms with Crippen molar-refractivity contribution < 1.29 is 18.7 Å². The number of amides is 2. The SMILES string of the molecule is COc1ccc(CNC(=O)C(CCSC)NC(=O)c2ccc(Cl)cc2Cl)cc1F. The Labute approximate surface area is 183 Å². The molecule has 2 amide bonds. The fourth-order valence-corrected chi connectivity index (χ4v) is 3.51. The van der Waals surface area contributed by atoms with Crippen LogP contribution in [0.15, 0.2) is 36.4 Å². The summed E-state index contributed by atoms with van der Waals surface area (Å²) in [6.45, 7) is 0.118. The molecule has 0 aliphatic heterocycles. The zero-order valence-electron chi connectivity index (χ0n) is 15.9. The minimum absolute atomic E-state index is 0.118. The highest BCUT2D eigenvalue weighted by atomic mass is 35.5. The molecule has 0 aliphatic rings. The molecule has 0 spiro atoms. The molecule has 0 fully saturated rings. The van der Waals surface area contributed by atoms with Gasteiger partial charge in [0, 0.05) is 11.6 Å². The molecule has 156 valence electrons. The maximum Gasteiger partial charge on any atom is 0.253 e. The standard InChI is InChI=1S/C20H21Cl2FN2O3S/c1-28-18-6-3-12(9-16(18)23)11-24-20(27)17(7-8-29-2)25-19(26)14-5-4-13(21)10-15(14)22/h3-6,9-10,17H,7-8,11H2,1-2H3,(H,24,27)(H,25,26). The van der Waals surface area contributed by atoms with Crippen molar-refractivity contribution in [2.45, 2.75) is 19.0 Å². The predicted octanol–water partition coefficient (Wildman–Crippen LogP) is 4.31. The number of ether oxygens (including phenoxy) is 1. The number of hydrogen-bond donors (Lipinski definition) is 2. The molecule has 1 unspecified atom stereocenters. The lowest BCUT2D eigenvalue weighted by molar-refractivity contribution is -0.123. The van der Waals surface area contributed by atoms with Gasteiger partial charge in [-0.3, -0.25) is 9.59 Å². The average molecular weight is 459 g/mol. The van der Waals surface area contributed by atoms with Gasteiger partial charge in [-0.15, -0.1) is 0 Å². The summed E-state index contributed by atoms with van der Waals surface area (Å²) >= 11 is 13.5. The number of hydrogen-bond acceptors (Lipinski definition) is 4. The van der Waals surface area contributed by atoms with Gasteiger partial charge in [0.25, 0.3) is 5.91 Å². The van der Waals surface area contributed by atoms with Crippen molar-refractivity contribution in [2.75, 3.05) is 19.1 Å². The molecule has 5 nitrogen and oxygen atoms in total. The van der Waals surface area contributed by atoms with Gasteiger partial charge in [-0.1, -0.05) is 29.3 Å². The number of halogens is 3. The first-order valence-electron chi connectivity index (χ1n) is 8.70. The van der Waals surface area contributed by atoms with E-state index in [1.807, 2.05) is 6.26 Å². The Balaban J connectivity index is 2.05. The van der Waals surface area contributed by atoms with E-state index in [0.29, 0.717) is 22.8 Å². The molecule has 2 aromatic rings. The van der Waals surface area contributed by atoms with Gasteiger partial charge in [0.05, 0.1) is 17.7 Å². The van der Waals surface area contributed by atoms with E-state index in [4.69, 9.17) is 27.9 Å². The molecular formula is C20H21Cl2FN2O3S. The zero-order valence-corrected chi connectivity index (χ0v) is 18.3. The lowest BCUT2D eigenvalue weighted by Gasteiger charge is -2.19. The van der Waals surface area contributed by atoms with Gasteiger partial charge >= 0.3 is 0 Å². The number of rotatable bonds is 9. The quantitative estimate of drug-likeness (QED) is 0.587. The maximum absolute atomic E-state index is 13.8. The lowest BCUT2D eigenvalue weighted by atomic mass is 10.1. The zero-order chi connectivity index (χ0) is 21.4. The van der Waals surface area contributed by atoms with Crippen LogP contribution < -0.4 is 15.4 Å². The summed E-state index contributed by atoms with van der Waals surface area (Å²) in [5.74, 6) is -0.546. The van der Waals surface area contributed by atoms with Crippen molar-refractivity contribution >= 4 is 46.8 Å². The van der Waals surface area contributed by atoms with Gasteiger partial charge in [-0.2, -0.15) is 11.8 Å². The summed E-state index contributed by atoms with van der Waals surface area (Å²) < 4.78 is 18.7. The second-order valence-corrected chi connectivity index (χ2v) is 7.95. The van der Waals surface area contributed by atoms with Crippen LogP contribution in [0.25, 0.3) is 0 Å². The molecule has 2 rings (SSSR count). The Morgan fingerprint density at radius 3 is 2.59 bits per heavy atom. The summed E-state index contributed by atoms with van der Waals surface area (Å²) in [4.78, 5) is 25.2. The van der Waals surface area contributed by atoms with Gasteiger partial charge in [0.2, 0.25) is 5.91 Å². The Hall–Kier alpha value is -1.96. The number of carbonyl (C=O) groups is 2. The molecule has 0 aliphatic carbocycles. The van der Waals surface area contributed by atoms with Crippen LogP contribution in [0, 0.1) is 5.82 Å². The normalized spacial score (nSPS) is 11.6. The average Bonchev–Trinajstić information content (AvgIpc) is 2.69. The third kappa shape index (κ3) is 6.80. The Bertz CT molecular complexity index is 883. The second-order valence-electron chi connectivity index (χ2n) is 6.12. The van der Waals surface area contributed by atoms with Crippen LogP contribution in [0.4, 0.5) is 4.39 Å². The van der Waals surface area contributed by atoms with Gasteiger partial charge in [-0.05, 0) is 54.3 Å². The number of thioether (sulfide) groups is 1. The molecule has 9 heteroatoms. The molecule has 0 heterocycles. The molecule has 2 N–H and O–H groups in total. The maximum atomic E-state index is 13.8. The topological polar surface area (TPSA) is 67.4 Å². The molecule has 0 aromatic heterocycles. The van der Waals surface area contributed by atoms with Crippen LogP contribution in [0.2, 0.25) is 10.0 Å². The van der Waals surface area contributed by atoms with E-state index < -0.39 is 17.8 Å². The highest BCUT2D eigenvalue weighted by Crippen LogP contribution is 2.21. The van der Waals surface area contributed by atoms with E-state index in [9.17, 15) is 14.0 Å². The minimum atomic E-state index is -0.759. The number of methoxy groups -OCH3 is 1. The number of nitrogens with one attached hydrogen (secondary N) is 2. The van der Waals surface area contributed by atoms with E-state index in [2.05, 4.69) is 10.6 Å². The fraction of sp³-hybridized carbons (Fsp3) is 0.300. The summed E-state index contributed by atoms with van der Waals surface area (Å²) in [6, 6.07) is 8.21.